The van der Waals surface area contributed by atoms with Gasteiger partial charge in [-0.05, 0) is 38.0 Å². The van der Waals surface area contributed by atoms with E-state index in [4.69, 9.17) is 20.8 Å². The van der Waals surface area contributed by atoms with Crippen molar-refractivity contribution in [1.29, 1.82) is 0 Å². The summed E-state index contributed by atoms with van der Waals surface area (Å²) in [5.74, 6) is 1.57. The summed E-state index contributed by atoms with van der Waals surface area (Å²) in [6.07, 6.45) is 2.52. The first-order chi connectivity index (χ1) is 10.1. The van der Waals surface area contributed by atoms with Gasteiger partial charge in [0, 0.05) is 24.2 Å². The summed E-state index contributed by atoms with van der Waals surface area (Å²) in [5.41, 5.74) is 1.14. The lowest BCUT2D eigenvalue weighted by Gasteiger charge is -2.04. The molecule has 1 saturated carbocycles. The van der Waals surface area contributed by atoms with Crippen LogP contribution >= 0.6 is 11.6 Å². The molecule has 1 N–H and O–H groups in total. The van der Waals surface area contributed by atoms with E-state index in [1.807, 2.05) is 13.0 Å². The molecule has 1 fully saturated rings. The number of aryl methyl sites for hydroxylation is 1. The Morgan fingerprint density at radius 1 is 1.38 bits per heavy atom. The molecule has 0 bridgehead atoms. The molecule has 5 heteroatoms. The Labute approximate surface area is 128 Å². The molecule has 0 unspecified atom stereocenters. The number of halogens is 2. The zero-order valence-corrected chi connectivity index (χ0v) is 12.5. The van der Waals surface area contributed by atoms with Crippen LogP contribution in [-0.4, -0.2) is 6.04 Å². The van der Waals surface area contributed by atoms with Crippen LogP contribution < -0.4 is 10.1 Å². The molecule has 1 aliphatic rings. The smallest absolute Gasteiger partial charge is 0.146 e. The average Bonchev–Trinajstić information content (AvgIpc) is 3.22. The highest BCUT2D eigenvalue weighted by atomic mass is 35.5. The normalized spacial score (nSPS) is 14.4. The lowest BCUT2D eigenvalue weighted by molar-refractivity contribution is 0.266. The number of benzene rings is 1. The minimum absolute atomic E-state index is 0.0876. The van der Waals surface area contributed by atoms with Crippen molar-refractivity contribution in [1.82, 2.24) is 5.32 Å². The van der Waals surface area contributed by atoms with Crippen molar-refractivity contribution in [3.05, 3.63) is 52.2 Å². The lowest BCUT2D eigenvalue weighted by Crippen LogP contribution is -2.15. The first kappa shape index (κ1) is 14.4. The predicted octanol–water partition coefficient (Wildman–Crippen LogP) is 4.21. The fourth-order valence-corrected chi connectivity index (χ4v) is 2.21. The minimum atomic E-state index is -0.487. The van der Waals surface area contributed by atoms with Crippen LogP contribution in [0.25, 0.3) is 0 Å². The van der Waals surface area contributed by atoms with E-state index >= 15 is 0 Å². The van der Waals surface area contributed by atoms with Gasteiger partial charge in [0.2, 0.25) is 0 Å². The van der Waals surface area contributed by atoms with E-state index in [-0.39, 0.29) is 11.6 Å². The van der Waals surface area contributed by atoms with Gasteiger partial charge in [-0.15, -0.1) is 0 Å². The summed E-state index contributed by atoms with van der Waals surface area (Å²) >= 11 is 5.63. The van der Waals surface area contributed by atoms with Gasteiger partial charge in [0.15, 0.2) is 0 Å². The minimum Gasteiger partial charge on any atom is -0.486 e. The summed E-state index contributed by atoms with van der Waals surface area (Å²) in [6.45, 7) is 3.02. The highest BCUT2D eigenvalue weighted by Gasteiger charge is 2.21. The SMILES string of the molecule is Cc1oc(COc2ccc(Cl)c(F)c2)cc1CNC1CC1. The van der Waals surface area contributed by atoms with Gasteiger partial charge in [0.05, 0.1) is 5.02 Å². The van der Waals surface area contributed by atoms with Gasteiger partial charge in [-0.2, -0.15) is 0 Å². The standard InChI is InChI=1S/C16H17ClFNO2/c1-10-11(8-19-12-2-3-12)6-14(21-10)9-20-13-4-5-15(17)16(18)7-13/h4-7,12,19H,2-3,8-9H2,1H3. The monoisotopic (exact) mass is 309 g/mol. The Kier molecular flexibility index (Phi) is 4.17. The van der Waals surface area contributed by atoms with Crippen molar-refractivity contribution in [2.75, 3.05) is 0 Å². The number of hydrogen-bond acceptors (Lipinski definition) is 3. The third kappa shape index (κ3) is 3.77. The molecule has 1 heterocycles. The van der Waals surface area contributed by atoms with Crippen molar-refractivity contribution in [2.24, 2.45) is 0 Å². The second-order valence-electron chi connectivity index (χ2n) is 5.31. The van der Waals surface area contributed by atoms with Crippen molar-refractivity contribution in [3.63, 3.8) is 0 Å². The topological polar surface area (TPSA) is 34.4 Å². The van der Waals surface area contributed by atoms with Crippen LogP contribution in [0.2, 0.25) is 5.02 Å². The van der Waals surface area contributed by atoms with Crippen LogP contribution in [0.4, 0.5) is 4.39 Å². The van der Waals surface area contributed by atoms with Gasteiger partial charge in [0.25, 0.3) is 0 Å². The van der Waals surface area contributed by atoms with Crippen LogP contribution in [0.1, 0.15) is 29.9 Å². The second-order valence-corrected chi connectivity index (χ2v) is 5.72. The third-order valence-corrected chi connectivity index (χ3v) is 3.81. The van der Waals surface area contributed by atoms with Crippen molar-refractivity contribution >= 4 is 11.6 Å². The highest BCUT2D eigenvalue weighted by molar-refractivity contribution is 6.30. The fourth-order valence-electron chi connectivity index (χ4n) is 2.10. The molecule has 2 aromatic rings. The van der Waals surface area contributed by atoms with Gasteiger partial charge in [0.1, 0.15) is 29.7 Å². The highest BCUT2D eigenvalue weighted by Crippen LogP contribution is 2.23. The van der Waals surface area contributed by atoms with Gasteiger partial charge >= 0.3 is 0 Å². The van der Waals surface area contributed by atoms with E-state index in [2.05, 4.69) is 5.32 Å². The van der Waals surface area contributed by atoms with E-state index in [1.54, 1.807) is 6.07 Å². The molecular weight excluding hydrogens is 293 g/mol. The molecule has 0 spiro atoms. The summed E-state index contributed by atoms with van der Waals surface area (Å²) in [6, 6.07) is 7.03. The molecule has 1 aliphatic carbocycles. The second kappa shape index (κ2) is 6.08. The Morgan fingerprint density at radius 3 is 2.90 bits per heavy atom. The summed E-state index contributed by atoms with van der Waals surface area (Å²) in [7, 11) is 0. The van der Waals surface area contributed by atoms with E-state index in [0.717, 1.165) is 23.6 Å². The first-order valence-electron chi connectivity index (χ1n) is 7.01. The maximum Gasteiger partial charge on any atom is 0.146 e. The molecule has 1 aromatic carbocycles. The van der Waals surface area contributed by atoms with Crippen LogP contribution in [0.3, 0.4) is 0 Å². The number of rotatable bonds is 6. The van der Waals surface area contributed by atoms with Crippen molar-refractivity contribution < 1.29 is 13.5 Å². The van der Waals surface area contributed by atoms with Crippen LogP contribution in [-0.2, 0) is 13.2 Å². The number of ether oxygens (including phenoxy) is 1. The molecule has 3 rings (SSSR count). The zero-order chi connectivity index (χ0) is 14.8. The van der Waals surface area contributed by atoms with Crippen LogP contribution in [0.5, 0.6) is 5.75 Å². The Hall–Kier alpha value is -1.52. The average molecular weight is 310 g/mol. The Balaban J connectivity index is 1.59. The Bertz CT molecular complexity index is 637. The molecular formula is C16H17ClFNO2. The maximum absolute atomic E-state index is 13.3. The lowest BCUT2D eigenvalue weighted by atomic mass is 10.2. The molecule has 21 heavy (non-hydrogen) atoms. The van der Waals surface area contributed by atoms with E-state index < -0.39 is 5.82 Å². The number of nitrogens with one attached hydrogen (secondary N) is 1. The summed E-state index contributed by atoms with van der Waals surface area (Å²) in [5, 5.41) is 3.54. The fraction of sp³-hybridized carbons (Fsp3) is 0.375. The molecule has 1 aromatic heterocycles. The van der Waals surface area contributed by atoms with E-state index in [9.17, 15) is 4.39 Å². The van der Waals surface area contributed by atoms with Gasteiger partial charge in [-0.3, -0.25) is 0 Å². The first-order valence-corrected chi connectivity index (χ1v) is 7.39. The summed E-state index contributed by atoms with van der Waals surface area (Å²) in [4.78, 5) is 0. The molecule has 0 atom stereocenters. The van der Waals surface area contributed by atoms with E-state index in [1.165, 1.54) is 25.0 Å². The molecule has 0 amide bonds. The van der Waals surface area contributed by atoms with E-state index in [0.29, 0.717) is 11.8 Å². The molecule has 0 aliphatic heterocycles. The largest absolute Gasteiger partial charge is 0.486 e. The van der Waals surface area contributed by atoms with Gasteiger partial charge < -0.3 is 14.5 Å². The zero-order valence-electron chi connectivity index (χ0n) is 11.8. The van der Waals surface area contributed by atoms with Crippen molar-refractivity contribution in [2.45, 2.75) is 39.0 Å². The Morgan fingerprint density at radius 2 is 2.19 bits per heavy atom. The molecule has 3 nitrogen and oxygen atoms in total. The molecule has 0 saturated heterocycles. The number of furan rings is 1. The summed E-state index contributed by atoms with van der Waals surface area (Å²) < 4.78 is 24.5. The predicted molar refractivity (Wildman–Crippen MR) is 79.0 cm³/mol. The van der Waals surface area contributed by atoms with Gasteiger partial charge in [-0.1, -0.05) is 11.6 Å². The number of hydrogen-bond donors (Lipinski definition) is 1. The maximum atomic E-state index is 13.3. The van der Waals surface area contributed by atoms with Gasteiger partial charge in [-0.25, -0.2) is 4.39 Å². The van der Waals surface area contributed by atoms with Crippen molar-refractivity contribution in [3.8, 4) is 5.75 Å². The molecule has 112 valence electrons. The van der Waals surface area contributed by atoms with Crippen LogP contribution in [0, 0.1) is 12.7 Å². The third-order valence-electron chi connectivity index (χ3n) is 3.50. The van der Waals surface area contributed by atoms with Crippen LogP contribution in [0.15, 0.2) is 28.7 Å². The molecule has 0 radical (unpaired) electrons. The quantitative estimate of drug-likeness (QED) is 0.868.